The monoisotopic (exact) mass is 230 g/mol. The molecule has 0 saturated carbocycles. The maximum atomic E-state index is 12.9. The number of hydrogen-bond acceptors (Lipinski definition) is 1. The summed E-state index contributed by atoms with van der Waals surface area (Å²) in [7, 11) is -1.77. The van der Waals surface area contributed by atoms with Crippen LogP contribution in [0.4, 0.5) is 8.78 Å². The first-order valence-electron chi connectivity index (χ1n) is 5.02. The van der Waals surface area contributed by atoms with Crippen molar-refractivity contribution in [3.05, 3.63) is 35.4 Å². The van der Waals surface area contributed by atoms with Gasteiger partial charge in [-0.3, -0.25) is 0 Å². The Bertz CT molecular complexity index is 339. The summed E-state index contributed by atoms with van der Waals surface area (Å²) in [5.41, 5.74) is 0.805. The summed E-state index contributed by atoms with van der Waals surface area (Å²) in [4.78, 5) is 0. The van der Waals surface area contributed by atoms with E-state index < -0.39 is 20.0 Å². The van der Waals surface area contributed by atoms with Crippen molar-refractivity contribution in [1.29, 1.82) is 0 Å². The van der Waals surface area contributed by atoms with E-state index in [-0.39, 0.29) is 0 Å². The number of hydrogen-bond donors (Lipinski definition) is 0. The molecule has 0 amide bonds. The van der Waals surface area contributed by atoms with E-state index in [4.69, 9.17) is 4.43 Å². The highest BCUT2D eigenvalue weighted by Gasteiger charge is 2.22. The van der Waals surface area contributed by atoms with Crippen LogP contribution in [0.1, 0.15) is 12.5 Å². The lowest BCUT2D eigenvalue weighted by Gasteiger charge is -2.21. The Balaban J connectivity index is 2.76. The molecule has 0 aliphatic heterocycles. The summed E-state index contributed by atoms with van der Waals surface area (Å²) < 4.78 is 31.3. The zero-order valence-corrected chi connectivity index (χ0v) is 10.3. The first-order valence-corrected chi connectivity index (χ1v) is 8.14. The third kappa shape index (κ3) is 3.72. The molecular weight excluding hydrogens is 214 g/mol. The minimum absolute atomic E-state index is 0.670. The molecule has 0 bridgehead atoms. The first-order chi connectivity index (χ1) is 6.94. The van der Waals surface area contributed by atoms with Crippen LogP contribution in [0.5, 0.6) is 0 Å². The Labute approximate surface area is 90.2 Å². The highest BCUT2D eigenvalue weighted by Crippen LogP contribution is 2.15. The van der Waals surface area contributed by atoms with E-state index in [1.807, 2.05) is 6.92 Å². The molecule has 0 saturated heterocycles. The van der Waals surface area contributed by atoms with Crippen LogP contribution in [0.2, 0.25) is 13.1 Å². The minimum atomic E-state index is -1.77. The fourth-order valence-corrected chi connectivity index (χ4v) is 3.67. The van der Waals surface area contributed by atoms with E-state index in [0.717, 1.165) is 5.56 Å². The van der Waals surface area contributed by atoms with Gasteiger partial charge in [0.05, 0.1) is 0 Å². The van der Waals surface area contributed by atoms with E-state index >= 15 is 0 Å². The largest absolute Gasteiger partial charge is 0.417 e. The van der Waals surface area contributed by atoms with Gasteiger partial charge in [-0.25, -0.2) is 8.78 Å². The molecule has 0 heterocycles. The molecular formula is C11H16F2OSi. The third-order valence-electron chi connectivity index (χ3n) is 2.15. The van der Waals surface area contributed by atoms with Crippen LogP contribution in [0.25, 0.3) is 0 Å². The van der Waals surface area contributed by atoms with E-state index in [2.05, 4.69) is 13.1 Å². The molecule has 0 unspecified atom stereocenters. The molecule has 0 radical (unpaired) electrons. The van der Waals surface area contributed by atoms with Crippen molar-refractivity contribution in [2.45, 2.75) is 26.1 Å². The maximum Gasteiger partial charge on any atom is 0.190 e. The summed E-state index contributed by atoms with van der Waals surface area (Å²) in [6, 6.07) is 4.74. The first kappa shape index (κ1) is 12.3. The predicted octanol–water partition coefficient (Wildman–Crippen LogP) is 3.29. The van der Waals surface area contributed by atoms with E-state index in [1.165, 1.54) is 12.1 Å². The second-order valence-electron chi connectivity index (χ2n) is 4.12. The van der Waals surface area contributed by atoms with Crippen LogP contribution in [0.15, 0.2) is 18.2 Å². The smallest absolute Gasteiger partial charge is 0.190 e. The average Bonchev–Trinajstić information content (AvgIpc) is 2.10. The molecule has 0 aliphatic carbocycles. The fourth-order valence-electron chi connectivity index (χ4n) is 1.58. The standard InChI is InChI=1S/C11H16F2OSi/c1-4-14-15(2,3)8-9-5-6-10(12)11(13)7-9/h5-7H,4,8H2,1-3H3. The van der Waals surface area contributed by atoms with Gasteiger partial charge in [-0.15, -0.1) is 0 Å². The van der Waals surface area contributed by atoms with Crippen molar-refractivity contribution in [2.24, 2.45) is 0 Å². The van der Waals surface area contributed by atoms with Gasteiger partial charge in [0.1, 0.15) is 0 Å². The number of halogens is 2. The number of benzene rings is 1. The minimum Gasteiger partial charge on any atom is -0.417 e. The van der Waals surface area contributed by atoms with Crippen molar-refractivity contribution in [2.75, 3.05) is 6.61 Å². The van der Waals surface area contributed by atoms with Gasteiger partial charge in [0.15, 0.2) is 20.0 Å². The molecule has 0 atom stereocenters. The van der Waals surface area contributed by atoms with E-state index in [0.29, 0.717) is 12.7 Å². The summed E-state index contributed by atoms with van der Waals surface area (Å²) in [5.74, 6) is -1.58. The summed E-state index contributed by atoms with van der Waals surface area (Å²) in [5, 5.41) is 0. The van der Waals surface area contributed by atoms with Gasteiger partial charge >= 0.3 is 0 Å². The van der Waals surface area contributed by atoms with Crippen molar-refractivity contribution in [1.82, 2.24) is 0 Å². The van der Waals surface area contributed by atoms with Gasteiger partial charge in [0.25, 0.3) is 0 Å². The normalized spacial score (nSPS) is 11.8. The van der Waals surface area contributed by atoms with Gasteiger partial charge in [-0.05, 0) is 43.8 Å². The molecule has 0 spiro atoms. The molecule has 0 fully saturated rings. The van der Waals surface area contributed by atoms with Gasteiger partial charge in [0, 0.05) is 6.61 Å². The van der Waals surface area contributed by atoms with E-state index in [1.54, 1.807) is 6.07 Å². The SMILES string of the molecule is CCO[Si](C)(C)Cc1ccc(F)c(F)c1. The van der Waals surface area contributed by atoms with Gasteiger partial charge in [-0.1, -0.05) is 6.07 Å². The van der Waals surface area contributed by atoms with Crippen LogP contribution in [-0.4, -0.2) is 14.9 Å². The van der Waals surface area contributed by atoms with E-state index in [9.17, 15) is 8.78 Å². The predicted molar refractivity (Wildman–Crippen MR) is 59.2 cm³/mol. The Morgan fingerprint density at radius 2 is 1.87 bits per heavy atom. The molecule has 15 heavy (non-hydrogen) atoms. The lowest BCUT2D eigenvalue weighted by atomic mass is 10.2. The Kier molecular flexibility index (Phi) is 3.99. The summed E-state index contributed by atoms with van der Waals surface area (Å²) in [6.07, 6.45) is 0. The number of rotatable bonds is 4. The fraction of sp³-hybridized carbons (Fsp3) is 0.455. The summed E-state index contributed by atoms with van der Waals surface area (Å²) >= 11 is 0. The van der Waals surface area contributed by atoms with Crippen LogP contribution in [-0.2, 0) is 10.5 Å². The van der Waals surface area contributed by atoms with Gasteiger partial charge < -0.3 is 4.43 Å². The Morgan fingerprint density at radius 1 is 1.20 bits per heavy atom. The maximum absolute atomic E-state index is 12.9. The third-order valence-corrected chi connectivity index (χ3v) is 4.48. The lowest BCUT2D eigenvalue weighted by molar-refractivity contribution is 0.328. The van der Waals surface area contributed by atoms with Crippen LogP contribution >= 0.6 is 0 Å². The Morgan fingerprint density at radius 3 is 2.40 bits per heavy atom. The molecule has 1 rings (SSSR count). The molecule has 0 N–H and O–H groups in total. The molecule has 4 heteroatoms. The van der Waals surface area contributed by atoms with Crippen LogP contribution in [0, 0.1) is 11.6 Å². The Hall–Kier alpha value is -0.743. The van der Waals surface area contributed by atoms with Crippen molar-refractivity contribution in [3.63, 3.8) is 0 Å². The van der Waals surface area contributed by atoms with Crippen molar-refractivity contribution in [3.8, 4) is 0 Å². The molecule has 1 aromatic rings. The second-order valence-corrected chi connectivity index (χ2v) is 8.28. The quantitative estimate of drug-likeness (QED) is 0.721. The van der Waals surface area contributed by atoms with Crippen LogP contribution in [0.3, 0.4) is 0 Å². The summed E-state index contributed by atoms with van der Waals surface area (Å²) in [6.45, 7) is 6.75. The highest BCUT2D eigenvalue weighted by molar-refractivity contribution is 6.70. The average molecular weight is 230 g/mol. The van der Waals surface area contributed by atoms with Crippen molar-refractivity contribution >= 4 is 8.32 Å². The molecule has 1 nitrogen and oxygen atoms in total. The molecule has 0 aromatic heterocycles. The molecule has 0 aliphatic rings. The van der Waals surface area contributed by atoms with Gasteiger partial charge in [0.2, 0.25) is 0 Å². The highest BCUT2D eigenvalue weighted by atomic mass is 28.4. The molecule has 84 valence electrons. The topological polar surface area (TPSA) is 9.23 Å². The van der Waals surface area contributed by atoms with Gasteiger partial charge in [-0.2, -0.15) is 0 Å². The van der Waals surface area contributed by atoms with Crippen molar-refractivity contribution < 1.29 is 13.2 Å². The van der Waals surface area contributed by atoms with Crippen LogP contribution < -0.4 is 0 Å². The lowest BCUT2D eigenvalue weighted by Crippen LogP contribution is -2.33. The zero-order valence-electron chi connectivity index (χ0n) is 9.31. The second kappa shape index (κ2) is 4.85. The zero-order chi connectivity index (χ0) is 11.5. The molecule has 1 aromatic carbocycles.